The molecule has 0 fully saturated rings. The van der Waals surface area contributed by atoms with E-state index in [2.05, 4.69) is 20.8 Å². The first-order valence-corrected chi connectivity index (χ1v) is 5.81. The third-order valence-corrected chi connectivity index (χ3v) is 2.88. The van der Waals surface area contributed by atoms with E-state index in [-0.39, 0.29) is 17.7 Å². The average Bonchev–Trinajstić information content (AvgIpc) is 2.25. The van der Waals surface area contributed by atoms with Crippen LogP contribution in [0.25, 0.3) is 0 Å². The van der Waals surface area contributed by atoms with Gasteiger partial charge in [0.25, 0.3) is 0 Å². The Morgan fingerprint density at radius 1 is 1.41 bits per heavy atom. The molecule has 1 rings (SSSR count). The number of carbonyl (C=O) groups is 1. The molecule has 0 bridgehead atoms. The van der Waals surface area contributed by atoms with Gasteiger partial charge in [0.15, 0.2) is 5.78 Å². The highest BCUT2D eigenvalue weighted by molar-refractivity contribution is 6.00. The summed E-state index contributed by atoms with van der Waals surface area (Å²) < 4.78 is 0. The normalized spacial score (nSPS) is 13.5. The van der Waals surface area contributed by atoms with Crippen LogP contribution >= 0.6 is 0 Å². The number of nitrogens with two attached hydrogens (primary N) is 1. The lowest BCUT2D eigenvalue weighted by atomic mass is 9.84. The van der Waals surface area contributed by atoms with Gasteiger partial charge in [-0.05, 0) is 23.5 Å². The molecule has 0 saturated carbocycles. The quantitative estimate of drug-likeness (QED) is 0.785. The molecule has 1 aromatic carbocycles. The first-order valence-electron chi connectivity index (χ1n) is 5.81. The van der Waals surface area contributed by atoms with E-state index in [0.717, 1.165) is 5.56 Å². The summed E-state index contributed by atoms with van der Waals surface area (Å²) in [7, 11) is 0. The van der Waals surface area contributed by atoms with E-state index in [1.807, 2.05) is 19.1 Å². The highest BCUT2D eigenvalue weighted by atomic mass is 16.3. The molecule has 1 aromatic rings. The minimum atomic E-state index is -1.10. The fraction of sp³-hybridized carbons (Fsp3) is 0.500. The zero-order chi connectivity index (χ0) is 13.2. The molecule has 0 saturated heterocycles. The average molecular weight is 235 g/mol. The number of aliphatic hydroxyl groups excluding tert-OH is 1. The maximum Gasteiger partial charge on any atom is 0.192 e. The van der Waals surface area contributed by atoms with Crippen molar-refractivity contribution in [3.63, 3.8) is 0 Å². The Morgan fingerprint density at radius 3 is 2.41 bits per heavy atom. The number of hydrogen-bond donors (Lipinski definition) is 2. The van der Waals surface area contributed by atoms with Crippen LogP contribution in [0.4, 0.5) is 0 Å². The zero-order valence-electron chi connectivity index (χ0n) is 10.9. The van der Waals surface area contributed by atoms with Gasteiger partial charge >= 0.3 is 0 Å². The second-order valence-corrected chi connectivity index (χ2v) is 5.40. The minimum absolute atomic E-state index is 0.0424. The molecule has 1 unspecified atom stereocenters. The van der Waals surface area contributed by atoms with Crippen molar-refractivity contribution >= 4 is 5.78 Å². The Bertz CT molecular complexity index is 419. The maximum atomic E-state index is 11.8. The highest BCUT2D eigenvalue weighted by Crippen LogP contribution is 2.24. The number of aryl methyl sites for hydroxylation is 1. The summed E-state index contributed by atoms with van der Waals surface area (Å²) in [5.41, 5.74) is 7.95. The smallest absolute Gasteiger partial charge is 0.192 e. The molecule has 0 amide bonds. The number of aliphatic hydroxyl groups is 1. The van der Waals surface area contributed by atoms with Gasteiger partial charge in [-0.2, -0.15) is 0 Å². The first-order chi connectivity index (χ1) is 7.77. The summed E-state index contributed by atoms with van der Waals surface area (Å²) >= 11 is 0. The monoisotopic (exact) mass is 235 g/mol. The van der Waals surface area contributed by atoms with Crippen molar-refractivity contribution in [1.29, 1.82) is 0 Å². The molecule has 0 spiro atoms. The van der Waals surface area contributed by atoms with Crippen molar-refractivity contribution in [2.75, 3.05) is 6.54 Å². The van der Waals surface area contributed by atoms with Crippen LogP contribution < -0.4 is 5.73 Å². The van der Waals surface area contributed by atoms with Crippen LogP contribution in [0.15, 0.2) is 18.2 Å². The van der Waals surface area contributed by atoms with Crippen LogP contribution in [0.3, 0.4) is 0 Å². The summed E-state index contributed by atoms with van der Waals surface area (Å²) in [4.78, 5) is 11.8. The fourth-order valence-electron chi connectivity index (χ4n) is 1.69. The van der Waals surface area contributed by atoms with Crippen LogP contribution in [-0.4, -0.2) is 23.5 Å². The molecule has 94 valence electrons. The van der Waals surface area contributed by atoms with Crippen molar-refractivity contribution in [1.82, 2.24) is 0 Å². The lowest BCUT2D eigenvalue weighted by molar-refractivity contribution is 0.0762. The summed E-state index contributed by atoms with van der Waals surface area (Å²) in [5, 5.41) is 9.46. The molecule has 0 aliphatic rings. The number of benzene rings is 1. The number of ketones is 1. The molecule has 17 heavy (non-hydrogen) atoms. The number of carbonyl (C=O) groups excluding carboxylic acids is 1. The van der Waals surface area contributed by atoms with Crippen LogP contribution in [0.1, 0.15) is 42.3 Å². The molecular formula is C14H21NO2. The van der Waals surface area contributed by atoms with Crippen LogP contribution in [0.5, 0.6) is 0 Å². The van der Waals surface area contributed by atoms with Gasteiger partial charge in [0, 0.05) is 12.1 Å². The van der Waals surface area contributed by atoms with E-state index in [4.69, 9.17) is 5.73 Å². The summed E-state index contributed by atoms with van der Waals surface area (Å²) in [6, 6.07) is 5.71. The van der Waals surface area contributed by atoms with Crippen molar-refractivity contribution in [3.8, 4) is 0 Å². The van der Waals surface area contributed by atoms with Gasteiger partial charge in [-0.15, -0.1) is 0 Å². The van der Waals surface area contributed by atoms with Crippen molar-refractivity contribution < 1.29 is 9.90 Å². The van der Waals surface area contributed by atoms with Gasteiger partial charge in [0.05, 0.1) is 0 Å². The first kappa shape index (κ1) is 13.9. The largest absolute Gasteiger partial charge is 0.384 e. The second-order valence-electron chi connectivity index (χ2n) is 5.40. The van der Waals surface area contributed by atoms with E-state index >= 15 is 0 Å². The Hall–Kier alpha value is -1.19. The summed E-state index contributed by atoms with van der Waals surface area (Å²) in [6.07, 6.45) is -1.10. The SMILES string of the molecule is Cc1cc(C(C)(C)C)ccc1C(=O)C(O)CN. The third-order valence-electron chi connectivity index (χ3n) is 2.88. The Morgan fingerprint density at radius 2 is 2.00 bits per heavy atom. The molecule has 3 heteroatoms. The van der Waals surface area contributed by atoms with E-state index in [0.29, 0.717) is 5.56 Å². The van der Waals surface area contributed by atoms with Gasteiger partial charge in [-0.1, -0.05) is 39.0 Å². The Kier molecular flexibility index (Phi) is 4.07. The van der Waals surface area contributed by atoms with Crippen molar-refractivity contribution in [2.24, 2.45) is 5.73 Å². The lowest BCUT2D eigenvalue weighted by Crippen LogP contribution is -2.29. The van der Waals surface area contributed by atoms with Gasteiger partial charge in [-0.25, -0.2) is 0 Å². The van der Waals surface area contributed by atoms with Gasteiger partial charge in [-0.3, -0.25) is 4.79 Å². The standard InChI is InChI=1S/C14H21NO2/c1-9-7-10(14(2,3)4)5-6-11(9)13(17)12(16)8-15/h5-7,12,16H,8,15H2,1-4H3. The molecule has 0 aliphatic carbocycles. The predicted molar refractivity (Wildman–Crippen MR) is 69.3 cm³/mol. The second kappa shape index (κ2) is 4.98. The molecule has 0 heterocycles. The molecule has 0 aliphatic heterocycles. The molecule has 0 radical (unpaired) electrons. The van der Waals surface area contributed by atoms with E-state index in [9.17, 15) is 9.90 Å². The van der Waals surface area contributed by atoms with Crippen molar-refractivity contribution in [2.45, 2.75) is 39.2 Å². The highest BCUT2D eigenvalue weighted by Gasteiger charge is 2.20. The minimum Gasteiger partial charge on any atom is -0.384 e. The van der Waals surface area contributed by atoms with Gasteiger partial charge in [0.2, 0.25) is 0 Å². The van der Waals surface area contributed by atoms with E-state index < -0.39 is 6.10 Å². The molecule has 3 N–H and O–H groups in total. The number of rotatable bonds is 3. The fourth-order valence-corrected chi connectivity index (χ4v) is 1.69. The molecule has 1 atom stereocenters. The van der Waals surface area contributed by atoms with Crippen molar-refractivity contribution in [3.05, 3.63) is 34.9 Å². The number of hydrogen-bond acceptors (Lipinski definition) is 3. The van der Waals surface area contributed by atoms with E-state index in [1.165, 1.54) is 5.56 Å². The van der Waals surface area contributed by atoms with Gasteiger partial charge < -0.3 is 10.8 Å². The van der Waals surface area contributed by atoms with Crippen LogP contribution in [0.2, 0.25) is 0 Å². The Balaban J connectivity index is 3.11. The Labute approximate surface area is 103 Å². The summed E-state index contributed by atoms with van der Waals surface area (Å²) in [5.74, 6) is -0.301. The van der Waals surface area contributed by atoms with Crippen LogP contribution in [-0.2, 0) is 5.41 Å². The van der Waals surface area contributed by atoms with E-state index in [1.54, 1.807) is 6.07 Å². The predicted octanol–water partition coefficient (Wildman–Crippen LogP) is 1.79. The molecule has 0 aromatic heterocycles. The zero-order valence-corrected chi connectivity index (χ0v) is 10.9. The molecular weight excluding hydrogens is 214 g/mol. The van der Waals surface area contributed by atoms with Crippen LogP contribution in [0, 0.1) is 6.92 Å². The summed E-state index contributed by atoms with van der Waals surface area (Å²) in [6.45, 7) is 8.21. The molecule has 3 nitrogen and oxygen atoms in total. The third kappa shape index (κ3) is 3.14. The maximum absolute atomic E-state index is 11.8. The van der Waals surface area contributed by atoms with Gasteiger partial charge in [0.1, 0.15) is 6.10 Å². The topological polar surface area (TPSA) is 63.3 Å². The number of Topliss-reactive ketones (excluding diaryl/α,β-unsaturated/α-hetero) is 1. The lowest BCUT2D eigenvalue weighted by Gasteiger charge is -2.20.